The fourth-order valence-electron chi connectivity index (χ4n) is 2.90. The summed E-state index contributed by atoms with van der Waals surface area (Å²) in [5.74, 6) is 1.30. The number of nitrogens with one attached hydrogen (secondary N) is 2. The van der Waals surface area contributed by atoms with E-state index in [9.17, 15) is 4.79 Å². The molecule has 2 amide bonds. The molecule has 0 radical (unpaired) electrons. The first-order chi connectivity index (χ1) is 11.3. The van der Waals surface area contributed by atoms with Gasteiger partial charge in [0.2, 0.25) is 0 Å². The number of H-pyrrole nitrogens is 1. The van der Waals surface area contributed by atoms with Gasteiger partial charge in [-0.3, -0.25) is 0 Å². The van der Waals surface area contributed by atoms with Crippen molar-refractivity contribution in [2.75, 3.05) is 19.6 Å². The first kappa shape index (κ1) is 16.0. The predicted octanol–water partition coefficient (Wildman–Crippen LogP) is 2.56. The van der Waals surface area contributed by atoms with Gasteiger partial charge in [0.1, 0.15) is 5.82 Å². The van der Waals surface area contributed by atoms with Gasteiger partial charge in [-0.15, -0.1) is 11.3 Å². The predicted molar refractivity (Wildman–Crippen MR) is 90.7 cm³/mol. The number of aromatic nitrogens is 3. The molecule has 0 unspecified atom stereocenters. The summed E-state index contributed by atoms with van der Waals surface area (Å²) < 4.78 is 0. The van der Waals surface area contributed by atoms with Crippen LogP contribution < -0.4 is 5.32 Å². The zero-order valence-electron chi connectivity index (χ0n) is 13.4. The van der Waals surface area contributed by atoms with Crippen molar-refractivity contribution in [3.05, 3.63) is 34.3 Å². The summed E-state index contributed by atoms with van der Waals surface area (Å²) in [5, 5.41) is 4.11. The number of urea groups is 1. The minimum absolute atomic E-state index is 0.0218. The van der Waals surface area contributed by atoms with E-state index in [1.54, 1.807) is 17.5 Å². The molecule has 1 saturated heterocycles. The van der Waals surface area contributed by atoms with Gasteiger partial charge in [0.05, 0.1) is 5.01 Å². The molecule has 0 aromatic carbocycles. The van der Waals surface area contributed by atoms with E-state index >= 15 is 0 Å². The Hall–Kier alpha value is -1.89. The molecular weight excluding hydrogens is 310 g/mol. The van der Waals surface area contributed by atoms with Crippen LogP contribution in [-0.4, -0.2) is 45.5 Å². The van der Waals surface area contributed by atoms with E-state index in [-0.39, 0.29) is 6.03 Å². The second-order valence-electron chi connectivity index (χ2n) is 5.82. The molecule has 1 aliphatic rings. The van der Waals surface area contributed by atoms with Crippen LogP contribution in [0, 0.1) is 0 Å². The topological polar surface area (TPSA) is 73.9 Å². The largest absolute Gasteiger partial charge is 0.348 e. The number of hydrogen-bond donors (Lipinski definition) is 2. The number of piperidine rings is 1. The van der Waals surface area contributed by atoms with Crippen molar-refractivity contribution in [2.24, 2.45) is 0 Å². The number of amides is 2. The van der Waals surface area contributed by atoms with Crippen molar-refractivity contribution < 1.29 is 4.79 Å². The quantitative estimate of drug-likeness (QED) is 0.883. The van der Waals surface area contributed by atoms with Crippen LogP contribution in [0.5, 0.6) is 0 Å². The number of hydrogen-bond acceptors (Lipinski definition) is 4. The first-order valence-corrected chi connectivity index (χ1v) is 9.03. The SMILES string of the molecule is CCc1cnc(CCNC(=O)N2CCC[C@H](c3ncc[nH]3)C2)s1. The van der Waals surface area contributed by atoms with Crippen molar-refractivity contribution >= 4 is 17.4 Å². The number of thiazole rings is 1. The zero-order chi connectivity index (χ0) is 16.1. The first-order valence-electron chi connectivity index (χ1n) is 8.22. The maximum atomic E-state index is 12.3. The Bertz CT molecular complexity index is 624. The summed E-state index contributed by atoms with van der Waals surface area (Å²) in [6.07, 6.45) is 9.46. The van der Waals surface area contributed by atoms with Crippen molar-refractivity contribution in [3.8, 4) is 0 Å². The van der Waals surface area contributed by atoms with E-state index in [4.69, 9.17) is 0 Å². The third-order valence-corrected chi connectivity index (χ3v) is 5.38. The molecule has 2 aromatic rings. The van der Waals surface area contributed by atoms with Gasteiger partial charge in [-0.05, 0) is 19.3 Å². The molecule has 3 rings (SSSR count). The average molecular weight is 333 g/mol. The Labute approximate surface area is 140 Å². The maximum Gasteiger partial charge on any atom is 0.317 e. The summed E-state index contributed by atoms with van der Waals surface area (Å²) in [5.41, 5.74) is 0. The van der Waals surface area contributed by atoms with E-state index in [1.807, 2.05) is 17.3 Å². The summed E-state index contributed by atoms with van der Waals surface area (Å²) >= 11 is 1.73. The van der Waals surface area contributed by atoms with Crippen molar-refractivity contribution in [1.29, 1.82) is 0 Å². The maximum absolute atomic E-state index is 12.3. The minimum Gasteiger partial charge on any atom is -0.348 e. The number of rotatable bonds is 5. The Morgan fingerprint density at radius 1 is 1.52 bits per heavy atom. The van der Waals surface area contributed by atoms with E-state index in [0.29, 0.717) is 12.5 Å². The second-order valence-corrected chi connectivity index (χ2v) is 7.02. The number of nitrogens with zero attached hydrogens (tertiary/aromatic N) is 3. The molecule has 7 heteroatoms. The second kappa shape index (κ2) is 7.59. The van der Waals surface area contributed by atoms with Crippen LogP contribution in [0.4, 0.5) is 4.79 Å². The van der Waals surface area contributed by atoms with Gasteiger partial charge in [-0.2, -0.15) is 0 Å². The molecular formula is C16H23N5OS. The molecule has 124 valence electrons. The van der Waals surface area contributed by atoms with Crippen LogP contribution in [0.15, 0.2) is 18.6 Å². The smallest absolute Gasteiger partial charge is 0.317 e. The number of carbonyl (C=O) groups is 1. The Morgan fingerprint density at radius 2 is 2.43 bits per heavy atom. The third kappa shape index (κ3) is 4.10. The molecule has 0 saturated carbocycles. The van der Waals surface area contributed by atoms with E-state index in [1.165, 1.54) is 4.88 Å². The summed E-state index contributed by atoms with van der Waals surface area (Å²) in [6.45, 7) is 4.32. The van der Waals surface area contributed by atoms with Crippen molar-refractivity contribution in [2.45, 2.75) is 38.5 Å². The van der Waals surface area contributed by atoms with Gasteiger partial charge < -0.3 is 15.2 Å². The Kier molecular flexibility index (Phi) is 5.27. The average Bonchev–Trinajstić information content (AvgIpc) is 3.26. The molecule has 6 nitrogen and oxygen atoms in total. The molecule has 2 aromatic heterocycles. The molecule has 23 heavy (non-hydrogen) atoms. The van der Waals surface area contributed by atoms with Crippen LogP contribution in [0.3, 0.4) is 0 Å². The Morgan fingerprint density at radius 3 is 3.17 bits per heavy atom. The lowest BCUT2D eigenvalue weighted by Crippen LogP contribution is -2.45. The van der Waals surface area contributed by atoms with Gasteiger partial charge in [0.25, 0.3) is 0 Å². The molecule has 0 bridgehead atoms. The van der Waals surface area contributed by atoms with Crippen molar-refractivity contribution in [1.82, 2.24) is 25.2 Å². The number of likely N-dealkylation sites (tertiary alicyclic amines) is 1. The zero-order valence-corrected chi connectivity index (χ0v) is 14.2. The fraction of sp³-hybridized carbons (Fsp3) is 0.562. The molecule has 1 aliphatic heterocycles. The number of aromatic amines is 1. The Balaban J connectivity index is 1.46. The van der Waals surface area contributed by atoms with Crippen LogP contribution in [0.2, 0.25) is 0 Å². The lowest BCUT2D eigenvalue weighted by Gasteiger charge is -2.31. The van der Waals surface area contributed by atoms with Crippen molar-refractivity contribution in [3.63, 3.8) is 0 Å². The van der Waals surface area contributed by atoms with Gasteiger partial charge >= 0.3 is 6.03 Å². The molecule has 0 spiro atoms. The third-order valence-electron chi connectivity index (χ3n) is 4.18. The number of carbonyl (C=O) groups excluding carboxylic acids is 1. The van der Waals surface area contributed by atoms with E-state index < -0.39 is 0 Å². The molecule has 1 fully saturated rings. The minimum atomic E-state index is 0.0218. The molecule has 0 aliphatic carbocycles. The normalized spacial score (nSPS) is 18.1. The summed E-state index contributed by atoms with van der Waals surface area (Å²) in [7, 11) is 0. The van der Waals surface area contributed by atoms with Gasteiger partial charge in [-0.25, -0.2) is 14.8 Å². The summed E-state index contributed by atoms with van der Waals surface area (Å²) in [6, 6.07) is 0.0218. The van der Waals surface area contributed by atoms with Crippen LogP contribution in [-0.2, 0) is 12.8 Å². The molecule has 3 heterocycles. The van der Waals surface area contributed by atoms with Gasteiger partial charge in [-0.1, -0.05) is 6.92 Å². The highest BCUT2D eigenvalue weighted by molar-refractivity contribution is 7.11. The number of imidazole rings is 1. The lowest BCUT2D eigenvalue weighted by molar-refractivity contribution is 0.178. The van der Waals surface area contributed by atoms with Gasteiger partial charge in [0.15, 0.2) is 0 Å². The van der Waals surface area contributed by atoms with Gasteiger partial charge in [0, 0.05) is 55.4 Å². The highest BCUT2D eigenvalue weighted by Gasteiger charge is 2.25. The van der Waals surface area contributed by atoms with Crippen LogP contribution >= 0.6 is 11.3 Å². The molecule has 2 N–H and O–H groups in total. The monoisotopic (exact) mass is 333 g/mol. The van der Waals surface area contributed by atoms with E-state index in [2.05, 4.69) is 27.2 Å². The molecule has 1 atom stereocenters. The highest BCUT2D eigenvalue weighted by Crippen LogP contribution is 2.24. The van der Waals surface area contributed by atoms with Crippen LogP contribution in [0.25, 0.3) is 0 Å². The fourth-order valence-corrected chi connectivity index (χ4v) is 3.76. The van der Waals surface area contributed by atoms with Crippen LogP contribution in [0.1, 0.15) is 41.4 Å². The summed E-state index contributed by atoms with van der Waals surface area (Å²) in [4.78, 5) is 27.4. The standard InChI is InChI=1S/C16H23N5OS/c1-2-13-10-20-14(23-13)5-6-19-16(22)21-9-3-4-12(11-21)15-17-7-8-18-15/h7-8,10,12H,2-6,9,11H2,1H3,(H,17,18)(H,19,22)/t12-/m0/s1. The lowest BCUT2D eigenvalue weighted by atomic mass is 9.98. The number of aryl methyl sites for hydroxylation is 1. The van der Waals surface area contributed by atoms with E-state index in [0.717, 1.165) is 49.6 Å². The highest BCUT2D eigenvalue weighted by atomic mass is 32.1.